The predicted molar refractivity (Wildman–Crippen MR) is 66.8 cm³/mol. The van der Waals surface area contributed by atoms with Crippen molar-refractivity contribution in [2.24, 2.45) is 5.73 Å². The summed E-state index contributed by atoms with van der Waals surface area (Å²) >= 11 is 0. The molecule has 0 radical (unpaired) electrons. The van der Waals surface area contributed by atoms with Gasteiger partial charge in [-0.05, 0) is 24.6 Å². The van der Waals surface area contributed by atoms with Crippen molar-refractivity contribution in [2.45, 2.75) is 12.5 Å². The minimum atomic E-state index is -1.05. The molecule has 0 saturated heterocycles. The Bertz CT molecular complexity index is 489. The molecular formula is C13H15N3O. The Hall–Kier alpha value is -2.07. The topological polar surface area (TPSA) is 60.1 Å². The lowest BCUT2D eigenvalue weighted by Crippen LogP contribution is -2.47. The average molecular weight is 229 g/mol. The van der Waals surface area contributed by atoms with E-state index in [0.717, 1.165) is 5.56 Å². The standard InChI is InChI=1S/C13H15N3O/c1-13(14,11-7-3-2-4-8-11)12(17)15-16-9-5-6-10-16/h2-10H,14H2,1H3,(H,15,17). The van der Waals surface area contributed by atoms with Gasteiger partial charge in [0.05, 0.1) is 0 Å². The molecule has 1 aromatic carbocycles. The number of hydrogen-bond acceptors (Lipinski definition) is 2. The van der Waals surface area contributed by atoms with E-state index < -0.39 is 5.54 Å². The molecule has 0 bridgehead atoms. The van der Waals surface area contributed by atoms with Crippen LogP contribution in [0.25, 0.3) is 0 Å². The molecule has 1 atom stereocenters. The van der Waals surface area contributed by atoms with Gasteiger partial charge in [-0.1, -0.05) is 30.3 Å². The van der Waals surface area contributed by atoms with Crippen LogP contribution in [0.2, 0.25) is 0 Å². The van der Waals surface area contributed by atoms with Gasteiger partial charge in [0.25, 0.3) is 5.91 Å². The second-order valence-electron chi connectivity index (χ2n) is 4.10. The highest BCUT2D eigenvalue weighted by molar-refractivity contribution is 5.93. The van der Waals surface area contributed by atoms with Gasteiger partial charge < -0.3 is 5.73 Å². The fraction of sp³-hybridized carbons (Fsp3) is 0.154. The van der Waals surface area contributed by atoms with E-state index >= 15 is 0 Å². The van der Waals surface area contributed by atoms with Gasteiger partial charge in [0.1, 0.15) is 5.54 Å². The van der Waals surface area contributed by atoms with E-state index in [1.807, 2.05) is 42.5 Å². The minimum absolute atomic E-state index is 0.250. The SMILES string of the molecule is CC(N)(C(=O)Nn1cccc1)c1ccccc1. The van der Waals surface area contributed by atoms with Gasteiger partial charge in [-0.3, -0.25) is 14.9 Å². The molecule has 1 heterocycles. The molecule has 0 fully saturated rings. The molecule has 4 heteroatoms. The predicted octanol–water partition coefficient (Wildman–Crippen LogP) is 1.43. The van der Waals surface area contributed by atoms with Crippen molar-refractivity contribution < 1.29 is 4.79 Å². The Balaban J connectivity index is 2.18. The van der Waals surface area contributed by atoms with Crippen molar-refractivity contribution in [1.82, 2.24) is 4.68 Å². The molecule has 2 aromatic rings. The summed E-state index contributed by atoms with van der Waals surface area (Å²) in [7, 11) is 0. The maximum atomic E-state index is 12.1. The van der Waals surface area contributed by atoms with Crippen LogP contribution in [0, 0.1) is 0 Å². The molecule has 0 aliphatic heterocycles. The molecule has 0 aliphatic rings. The molecule has 3 N–H and O–H groups in total. The summed E-state index contributed by atoms with van der Waals surface area (Å²) in [5.74, 6) is -0.250. The molecule has 0 saturated carbocycles. The molecule has 1 aromatic heterocycles. The first kappa shape index (κ1) is 11.4. The van der Waals surface area contributed by atoms with Crippen molar-refractivity contribution in [3.05, 3.63) is 60.4 Å². The van der Waals surface area contributed by atoms with Crippen LogP contribution >= 0.6 is 0 Å². The van der Waals surface area contributed by atoms with Crippen LogP contribution in [-0.2, 0) is 10.3 Å². The lowest BCUT2D eigenvalue weighted by Gasteiger charge is -2.24. The van der Waals surface area contributed by atoms with Gasteiger partial charge in [-0.15, -0.1) is 0 Å². The normalized spacial score (nSPS) is 14.0. The maximum Gasteiger partial charge on any atom is 0.263 e. The van der Waals surface area contributed by atoms with Gasteiger partial charge >= 0.3 is 0 Å². The maximum absolute atomic E-state index is 12.1. The quantitative estimate of drug-likeness (QED) is 0.836. The van der Waals surface area contributed by atoms with Crippen molar-refractivity contribution in [1.29, 1.82) is 0 Å². The molecule has 2 rings (SSSR count). The van der Waals surface area contributed by atoms with Crippen LogP contribution in [0.15, 0.2) is 54.9 Å². The van der Waals surface area contributed by atoms with Crippen LogP contribution < -0.4 is 11.2 Å². The van der Waals surface area contributed by atoms with Crippen molar-refractivity contribution in [2.75, 3.05) is 5.43 Å². The molecule has 1 amide bonds. The van der Waals surface area contributed by atoms with Crippen LogP contribution in [0.3, 0.4) is 0 Å². The summed E-state index contributed by atoms with van der Waals surface area (Å²) in [5.41, 5.74) is 8.52. The Morgan fingerprint density at radius 3 is 2.35 bits per heavy atom. The molecule has 4 nitrogen and oxygen atoms in total. The minimum Gasteiger partial charge on any atom is -0.314 e. The molecule has 1 unspecified atom stereocenters. The zero-order valence-electron chi connectivity index (χ0n) is 9.63. The van der Waals surface area contributed by atoms with E-state index in [2.05, 4.69) is 5.43 Å². The Kier molecular flexibility index (Phi) is 2.97. The molecule has 0 spiro atoms. The lowest BCUT2D eigenvalue weighted by molar-refractivity contribution is -0.121. The fourth-order valence-electron chi connectivity index (χ4n) is 1.56. The third-order valence-electron chi connectivity index (χ3n) is 2.68. The summed E-state index contributed by atoms with van der Waals surface area (Å²) in [4.78, 5) is 12.1. The van der Waals surface area contributed by atoms with E-state index in [-0.39, 0.29) is 5.91 Å². The summed E-state index contributed by atoms with van der Waals surface area (Å²) < 4.78 is 1.58. The number of hydrogen-bond donors (Lipinski definition) is 2. The Morgan fingerprint density at radius 2 is 1.76 bits per heavy atom. The first-order valence-corrected chi connectivity index (χ1v) is 5.39. The molecule has 17 heavy (non-hydrogen) atoms. The number of aromatic nitrogens is 1. The summed E-state index contributed by atoms with van der Waals surface area (Å²) in [6.07, 6.45) is 3.50. The molecular weight excluding hydrogens is 214 g/mol. The van der Waals surface area contributed by atoms with Gasteiger partial charge in [0, 0.05) is 12.4 Å². The number of carbonyl (C=O) groups excluding carboxylic acids is 1. The van der Waals surface area contributed by atoms with E-state index in [9.17, 15) is 4.79 Å². The first-order valence-electron chi connectivity index (χ1n) is 5.39. The zero-order valence-corrected chi connectivity index (χ0v) is 9.63. The molecule has 88 valence electrons. The van der Waals surface area contributed by atoms with Gasteiger partial charge in [-0.2, -0.15) is 0 Å². The largest absolute Gasteiger partial charge is 0.314 e. The van der Waals surface area contributed by atoms with Crippen molar-refractivity contribution in [3.63, 3.8) is 0 Å². The summed E-state index contributed by atoms with van der Waals surface area (Å²) in [5, 5.41) is 0. The van der Waals surface area contributed by atoms with Gasteiger partial charge in [-0.25, -0.2) is 0 Å². The van der Waals surface area contributed by atoms with E-state index in [1.54, 1.807) is 24.0 Å². The fourth-order valence-corrected chi connectivity index (χ4v) is 1.56. The monoisotopic (exact) mass is 229 g/mol. The van der Waals surface area contributed by atoms with Gasteiger partial charge in [0.15, 0.2) is 0 Å². The van der Waals surface area contributed by atoms with Crippen LogP contribution in [0.4, 0.5) is 0 Å². The third kappa shape index (κ3) is 2.37. The highest BCUT2D eigenvalue weighted by Crippen LogP contribution is 2.17. The van der Waals surface area contributed by atoms with E-state index in [1.165, 1.54) is 0 Å². The number of benzene rings is 1. The lowest BCUT2D eigenvalue weighted by atomic mass is 9.93. The number of amides is 1. The second-order valence-corrected chi connectivity index (χ2v) is 4.10. The summed E-state index contributed by atoms with van der Waals surface area (Å²) in [6.45, 7) is 1.70. The van der Waals surface area contributed by atoms with Gasteiger partial charge in [0.2, 0.25) is 0 Å². The highest BCUT2D eigenvalue weighted by Gasteiger charge is 2.30. The van der Waals surface area contributed by atoms with Crippen LogP contribution in [0.1, 0.15) is 12.5 Å². The van der Waals surface area contributed by atoms with E-state index in [4.69, 9.17) is 5.73 Å². The number of rotatable bonds is 3. The van der Waals surface area contributed by atoms with Crippen molar-refractivity contribution >= 4 is 5.91 Å². The Labute approximate surface area is 100 Å². The van der Waals surface area contributed by atoms with E-state index in [0.29, 0.717) is 0 Å². The smallest absolute Gasteiger partial charge is 0.263 e. The zero-order chi connectivity index (χ0) is 12.3. The second kappa shape index (κ2) is 4.43. The first-order chi connectivity index (χ1) is 8.10. The number of nitrogens with two attached hydrogens (primary N) is 1. The average Bonchev–Trinajstić information content (AvgIpc) is 2.83. The number of nitrogens with one attached hydrogen (secondary N) is 1. The highest BCUT2D eigenvalue weighted by atomic mass is 16.2. The van der Waals surface area contributed by atoms with Crippen LogP contribution in [0.5, 0.6) is 0 Å². The molecule has 0 aliphatic carbocycles. The number of nitrogens with zero attached hydrogens (tertiary/aromatic N) is 1. The Morgan fingerprint density at radius 1 is 1.18 bits per heavy atom. The van der Waals surface area contributed by atoms with Crippen LogP contribution in [-0.4, -0.2) is 10.6 Å². The third-order valence-corrected chi connectivity index (χ3v) is 2.68. The summed E-state index contributed by atoms with van der Waals surface area (Å²) in [6, 6.07) is 13.0. The number of carbonyl (C=O) groups is 1. The van der Waals surface area contributed by atoms with Crippen molar-refractivity contribution in [3.8, 4) is 0 Å².